The van der Waals surface area contributed by atoms with Crippen LogP contribution < -0.4 is 5.32 Å². The van der Waals surface area contributed by atoms with Gasteiger partial charge in [0.05, 0.1) is 6.10 Å². The second kappa shape index (κ2) is 3.45. The Balaban J connectivity index is 1.92. The Bertz CT molecular complexity index is 516. The molecule has 16 heavy (non-hydrogen) atoms. The number of fused-ring (bicyclic) bond motifs is 1. The van der Waals surface area contributed by atoms with Crippen molar-refractivity contribution in [2.75, 3.05) is 5.32 Å². The first-order valence-electron chi connectivity index (χ1n) is 5.47. The summed E-state index contributed by atoms with van der Waals surface area (Å²) in [6, 6.07) is 4.39. The van der Waals surface area contributed by atoms with Crippen LogP contribution in [0.1, 0.15) is 18.4 Å². The molecule has 2 heterocycles. The maximum Gasteiger partial charge on any atom is 0.157 e. The zero-order valence-corrected chi connectivity index (χ0v) is 9.09. The molecule has 1 fully saturated rings. The lowest BCUT2D eigenvalue weighted by Gasteiger charge is -2.32. The van der Waals surface area contributed by atoms with E-state index in [1.165, 1.54) is 0 Å². The molecule has 3 rings (SSSR count). The van der Waals surface area contributed by atoms with Crippen molar-refractivity contribution in [3.05, 3.63) is 24.0 Å². The second-order valence-corrected chi connectivity index (χ2v) is 4.41. The van der Waals surface area contributed by atoms with Gasteiger partial charge in [-0.2, -0.15) is 9.61 Å². The molecule has 0 spiro atoms. The molecule has 5 nitrogen and oxygen atoms in total. The molecule has 2 aromatic heterocycles. The minimum Gasteiger partial charge on any atom is -0.393 e. The van der Waals surface area contributed by atoms with Crippen molar-refractivity contribution in [3.8, 4) is 0 Å². The van der Waals surface area contributed by atoms with Crippen LogP contribution in [0.5, 0.6) is 0 Å². The Labute approximate surface area is 93.1 Å². The minimum atomic E-state index is -0.145. The molecular weight excluding hydrogens is 204 g/mol. The maximum atomic E-state index is 9.25. The molecule has 0 aliphatic heterocycles. The predicted octanol–water partition coefficient (Wildman–Crippen LogP) is 0.973. The van der Waals surface area contributed by atoms with Crippen molar-refractivity contribution in [2.24, 2.45) is 0 Å². The van der Waals surface area contributed by atoms with Gasteiger partial charge in [-0.25, -0.2) is 4.98 Å². The summed E-state index contributed by atoms with van der Waals surface area (Å²) in [6.07, 6.45) is 3.03. The SMILES string of the molecule is Cc1cc(NC2CC(O)C2)n2ncnc2c1. The normalized spacial score (nSPS) is 24.4. The number of aliphatic hydroxyl groups is 1. The molecule has 1 saturated carbocycles. The first kappa shape index (κ1) is 9.59. The third-order valence-corrected chi connectivity index (χ3v) is 2.99. The summed E-state index contributed by atoms with van der Waals surface area (Å²) in [7, 11) is 0. The van der Waals surface area contributed by atoms with Gasteiger partial charge in [0.2, 0.25) is 0 Å². The Morgan fingerprint density at radius 3 is 3.00 bits per heavy atom. The number of pyridine rings is 1. The Morgan fingerprint density at radius 2 is 2.25 bits per heavy atom. The van der Waals surface area contributed by atoms with Gasteiger partial charge in [0.25, 0.3) is 0 Å². The first-order valence-corrected chi connectivity index (χ1v) is 5.47. The third-order valence-electron chi connectivity index (χ3n) is 2.99. The van der Waals surface area contributed by atoms with Gasteiger partial charge in [0, 0.05) is 6.04 Å². The lowest BCUT2D eigenvalue weighted by atomic mass is 9.89. The van der Waals surface area contributed by atoms with Gasteiger partial charge in [-0.15, -0.1) is 0 Å². The highest BCUT2D eigenvalue weighted by atomic mass is 16.3. The third kappa shape index (κ3) is 1.53. The van der Waals surface area contributed by atoms with Crippen molar-refractivity contribution in [1.82, 2.24) is 14.6 Å². The summed E-state index contributed by atoms with van der Waals surface area (Å²) >= 11 is 0. The fraction of sp³-hybridized carbons (Fsp3) is 0.455. The molecule has 0 bridgehead atoms. The number of hydrogen-bond acceptors (Lipinski definition) is 4. The molecule has 1 aliphatic rings. The van der Waals surface area contributed by atoms with E-state index in [9.17, 15) is 5.11 Å². The van der Waals surface area contributed by atoms with Gasteiger partial charge in [0.15, 0.2) is 5.65 Å². The van der Waals surface area contributed by atoms with Gasteiger partial charge in [-0.1, -0.05) is 0 Å². The molecule has 2 N–H and O–H groups in total. The zero-order valence-electron chi connectivity index (χ0n) is 9.09. The molecule has 0 amide bonds. The van der Waals surface area contributed by atoms with E-state index in [2.05, 4.69) is 15.4 Å². The van der Waals surface area contributed by atoms with Gasteiger partial charge in [0.1, 0.15) is 12.1 Å². The van der Waals surface area contributed by atoms with E-state index in [0.717, 1.165) is 29.9 Å². The molecule has 0 atom stereocenters. The van der Waals surface area contributed by atoms with Crippen molar-refractivity contribution in [1.29, 1.82) is 0 Å². The smallest absolute Gasteiger partial charge is 0.157 e. The maximum absolute atomic E-state index is 9.25. The van der Waals surface area contributed by atoms with E-state index in [1.54, 1.807) is 10.8 Å². The average Bonchev–Trinajstić information content (AvgIpc) is 2.62. The van der Waals surface area contributed by atoms with Gasteiger partial charge in [-0.05, 0) is 37.5 Å². The van der Waals surface area contributed by atoms with E-state index in [1.807, 2.05) is 19.1 Å². The summed E-state index contributed by atoms with van der Waals surface area (Å²) < 4.78 is 1.79. The molecule has 2 aromatic rings. The fourth-order valence-electron chi connectivity index (χ4n) is 2.07. The van der Waals surface area contributed by atoms with Crippen LogP contribution in [0.4, 0.5) is 5.82 Å². The van der Waals surface area contributed by atoms with E-state index >= 15 is 0 Å². The number of hydrogen-bond donors (Lipinski definition) is 2. The molecular formula is C11H14N4O. The fourth-order valence-corrected chi connectivity index (χ4v) is 2.07. The van der Waals surface area contributed by atoms with E-state index in [-0.39, 0.29) is 6.10 Å². The van der Waals surface area contributed by atoms with Crippen molar-refractivity contribution in [3.63, 3.8) is 0 Å². The van der Waals surface area contributed by atoms with E-state index < -0.39 is 0 Å². The number of nitrogens with one attached hydrogen (secondary N) is 1. The highest BCUT2D eigenvalue weighted by molar-refractivity contribution is 5.51. The van der Waals surface area contributed by atoms with Crippen LogP contribution in [-0.4, -0.2) is 31.9 Å². The quantitative estimate of drug-likeness (QED) is 0.788. The topological polar surface area (TPSA) is 62.5 Å². The van der Waals surface area contributed by atoms with Crippen LogP contribution in [0.25, 0.3) is 5.65 Å². The number of aliphatic hydroxyl groups excluding tert-OH is 1. The second-order valence-electron chi connectivity index (χ2n) is 4.41. The zero-order chi connectivity index (χ0) is 11.1. The van der Waals surface area contributed by atoms with Crippen LogP contribution in [0.2, 0.25) is 0 Å². The predicted molar refractivity (Wildman–Crippen MR) is 60.4 cm³/mol. The van der Waals surface area contributed by atoms with Crippen LogP contribution >= 0.6 is 0 Å². The number of nitrogens with zero attached hydrogens (tertiary/aromatic N) is 3. The number of rotatable bonds is 2. The first-order chi connectivity index (χ1) is 7.72. The monoisotopic (exact) mass is 218 g/mol. The van der Waals surface area contributed by atoms with Crippen molar-refractivity contribution >= 4 is 11.5 Å². The standard InChI is InChI=1S/C11H14N4O/c1-7-2-10-12-6-13-15(10)11(3-7)14-8-4-9(16)5-8/h2-3,6,8-9,14,16H,4-5H2,1H3. The van der Waals surface area contributed by atoms with E-state index in [0.29, 0.717) is 6.04 Å². The molecule has 0 aromatic carbocycles. The average molecular weight is 218 g/mol. The van der Waals surface area contributed by atoms with Gasteiger partial charge in [-0.3, -0.25) is 0 Å². The van der Waals surface area contributed by atoms with Gasteiger partial charge < -0.3 is 10.4 Å². The van der Waals surface area contributed by atoms with Crippen LogP contribution in [-0.2, 0) is 0 Å². The van der Waals surface area contributed by atoms with Crippen molar-refractivity contribution < 1.29 is 5.11 Å². The minimum absolute atomic E-state index is 0.145. The Kier molecular flexibility index (Phi) is 2.07. The molecule has 84 valence electrons. The summed E-state index contributed by atoms with van der Waals surface area (Å²) in [6.45, 7) is 2.04. The molecule has 0 radical (unpaired) electrons. The Hall–Kier alpha value is -1.62. The van der Waals surface area contributed by atoms with Crippen molar-refractivity contribution in [2.45, 2.75) is 31.9 Å². The summed E-state index contributed by atoms with van der Waals surface area (Å²) in [5.41, 5.74) is 2.00. The highest BCUT2D eigenvalue weighted by Crippen LogP contribution is 2.24. The lowest BCUT2D eigenvalue weighted by molar-refractivity contribution is 0.0835. The van der Waals surface area contributed by atoms with Crippen LogP contribution in [0.15, 0.2) is 18.5 Å². The molecule has 5 heteroatoms. The molecule has 0 saturated heterocycles. The van der Waals surface area contributed by atoms with Crippen LogP contribution in [0.3, 0.4) is 0 Å². The van der Waals surface area contributed by atoms with E-state index in [4.69, 9.17) is 0 Å². The molecule has 0 unspecified atom stereocenters. The van der Waals surface area contributed by atoms with Crippen LogP contribution in [0, 0.1) is 6.92 Å². The molecule has 1 aliphatic carbocycles. The lowest BCUT2D eigenvalue weighted by Crippen LogP contribution is -2.39. The summed E-state index contributed by atoms with van der Waals surface area (Å²) in [5.74, 6) is 0.949. The number of aromatic nitrogens is 3. The van der Waals surface area contributed by atoms with Gasteiger partial charge >= 0.3 is 0 Å². The number of anilines is 1. The number of aryl methyl sites for hydroxylation is 1. The largest absolute Gasteiger partial charge is 0.393 e. The highest BCUT2D eigenvalue weighted by Gasteiger charge is 2.27. The Morgan fingerprint density at radius 1 is 1.44 bits per heavy atom. The summed E-state index contributed by atoms with van der Waals surface area (Å²) in [5, 5.41) is 16.8. The summed E-state index contributed by atoms with van der Waals surface area (Å²) in [4.78, 5) is 4.17.